The molecule has 6 nitrogen and oxygen atoms in total. The smallest absolute Gasteiger partial charge is 0.191 e. The van der Waals surface area contributed by atoms with Gasteiger partial charge in [0.05, 0.1) is 12.2 Å². The molecule has 0 amide bonds. The van der Waals surface area contributed by atoms with Crippen LogP contribution in [0.4, 0.5) is 5.69 Å². The molecule has 0 unspecified atom stereocenters. The molecule has 8 heteroatoms. The van der Waals surface area contributed by atoms with Crippen LogP contribution in [0.15, 0.2) is 40.7 Å². The van der Waals surface area contributed by atoms with Crippen molar-refractivity contribution in [2.24, 2.45) is 4.99 Å². The molecule has 0 bridgehead atoms. The summed E-state index contributed by atoms with van der Waals surface area (Å²) in [5.74, 6) is 1.33. The number of hydrogen-bond acceptors (Lipinski definition) is 5. The fourth-order valence-electron chi connectivity index (χ4n) is 3.43. The molecule has 2 heterocycles. The highest BCUT2D eigenvalue weighted by Crippen LogP contribution is 2.17. The lowest BCUT2D eigenvalue weighted by molar-refractivity contribution is 0.255. The molecule has 2 N–H and O–H groups in total. The van der Waals surface area contributed by atoms with E-state index >= 15 is 0 Å². The third-order valence-corrected chi connectivity index (χ3v) is 6.10. The quantitative estimate of drug-likeness (QED) is 0.230. The van der Waals surface area contributed by atoms with E-state index in [2.05, 4.69) is 80.0 Å². The van der Waals surface area contributed by atoms with Crippen molar-refractivity contribution in [3.63, 3.8) is 0 Å². The number of halogens is 1. The van der Waals surface area contributed by atoms with E-state index in [1.54, 1.807) is 11.3 Å². The fourth-order valence-corrected chi connectivity index (χ4v) is 4.32. The van der Waals surface area contributed by atoms with Gasteiger partial charge in [-0.1, -0.05) is 32.0 Å². The second-order valence-electron chi connectivity index (χ2n) is 7.69. The molecule has 166 valence electrons. The number of nitrogens with one attached hydrogen (secondary N) is 2. The van der Waals surface area contributed by atoms with Crippen LogP contribution in [0, 0.1) is 0 Å². The van der Waals surface area contributed by atoms with E-state index in [0.29, 0.717) is 5.92 Å². The highest BCUT2D eigenvalue weighted by Gasteiger charge is 2.16. The summed E-state index contributed by atoms with van der Waals surface area (Å²) in [5.41, 5.74) is 2.51. The number of aromatic nitrogens is 1. The topological polar surface area (TPSA) is 55.8 Å². The number of anilines is 1. The number of para-hydroxylation sites is 1. The molecule has 0 spiro atoms. The van der Waals surface area contributed by atoms with Gasteiger partial charge in [0, 0.05) is 50.8 Å². The van der Waals surface area contributed by atoms with Crippen molar-refractivity contribution in [1.29, 1.82) is 0 Å². The van der Waals surface area contributed by atoms with Crippen molar-refractivity contribution >= 4 is 47.0 Å². The average Bonchev–Trinajstić information content (AvgIpc) is 3.24. The summed E-state index contributed by atoms with van der Waals surface area (Å²) >= 11 is 1.71. The van der Waals surface area contributed by atoms with Gasteiger partial charge in [0.25, 0.3) is 0 Å². The van der Waals surface area contributed by atoms with Crippen LogP contribution in [0.5, 0.6) is 0 Å². The predicted octanol–water partition coefficient (Wildman–Crippen LogP) is 3.76. The summed E-state index contributed by atoms with van der Waals surface area (Å²) < 4.78 is 0. The first-order valence-corrected chi connectivity index (χ1v) is 11.4. The Morgan fingerprint density at radius 3 is 2.50 bits per heavy atom. The molecule has 0 radical (unpaired) electrons. The number of aliphatic imine (C=N–C) groups is 1. The maximum Gasteiger partial charge on any atom is 0.191 e. The molecule has 1 aromatic carbocycles. The van der Waals surface area contributed by atoms with Gasteiger partial charge in [-0.2, -0.15) is 0 Å². The lowest BCUT2D eigenvalue weighted by Crippen LogP contribution is -2.47. The van der Waals surface area contributed by atoms with Gasteiger partial charge in [-0.3, -0.25) is 9.89 Å². The predicted molar refractivity (Wildman–Crippen MR) is 140 cm³/mol. The molecular weight excluding hydrogens is 507 g/mol. The number of benzene rings is 1. The minimum atomic E-state index is 0. The zero-order valence-corrected chi connectivity index (χ0v) is 21.5. The van der Waals surface area contributed by atoms with Gasteiger partial charge in [-0.05, 0) is 31.0 Å². The molecule has 3 rings (SSSR count). The maximum atomic E-state index is 4.66. The Morgan fingerprint density at radius 2 is 1.87 bits per heavy atom. The molecule has 0 saturated carbocycles. The first kappa shape index (κ1) is 24.9. The zero-order chi connectivity index (χ0) is 20.5. The van der Waals surface area contributed by atoms with Gasteiger partial charge in [-0.25, -0.2) is 4.98 Å². The summed E-state index contributed by atoms with van der Waals surface area (Å²) in [4.78, 5) is 14.0. The summed E-state index contributed by atoms with van der Waals surface area (Å²) in [7, 11) is 1.82. The molecule has 1 aromatic heterocycles. The summed E-state index contributed by atoms with van der Waals surface area (Å²) in [6.45, 7) is 11.6. The minimum absolute atomic E-state index is 0. The van der Waals surface area contributed by atoms with Crippen molar-refractivity contribution < 1.29 is 0 Å². The van der Waals surface area contributed by atoms with Crippen molar-refractivity contribution in [1.82, 2.24) is 20.5 Å². The van der Waals surface area contributed by atoms with Crippen LogP contribution in [0.25, 0.3) is 0 Å². The fraction of sp³-hybridized carbons (Fsp3) is 0.545. The third-order valence-electron chi connectivity index (χ3n) is 5.23. The molecule has 1 fully saturated rings. The van der Waals surface area contributed by atoms with Crippen molar-refractivity contribution in [2.75, 3.05) is 51.2 Å². The zero-order valence-electron chi connectivity index (χ0n) is 18.3. The highest BCUT2D eigenvalue weighted by molar-refractivity contribution is 14.0. The van der Waals surface area contributed by atoms with E-state index in [1.807, 2.05) is 7.05 Å². The number of rotatable bonds is 8. The number of piperazine rings is 1. The molecule has 30 heavy (non-hydrogen) atoms. The Balaban J connectivity index is 0.00000320. The van der Waals surface area contributed by atoms with E-state index in [0.717, 1.165) is 63.2 Å². The summed E-state index contributed by atoms with van der Waals surface area (Å²) in [6.07, 6.45) is 1.11. The van der Waals surface area contributed by atoms with Crippen LogP contribution in [0.2, 0.25) is 0 Å². The van der Waals surface area contributed by atoms with Gasteiger partial charge in [0.2, 0.25) is 0 Å². The highest BCUT2D eigenvalue weighted by atomic mass is 127. The molecule has 1 saturated heterocycles. The molecule has 1 aliphatic rings. The van der Waals surface area contributed by atoms with Crippen LogP contribution in [0.1, 0.15) is 36.9 Å². The number of hydrogen-bond donors (Lipinski definition) is 2. The molecule has 1 aliphatic heterocycles. The van der Waals surface area contributed by atoms with Gasteiger partial charge in [0.15, 0.2) is 5.96 Å². The Hall–Kier alpha value is -1.39. The van der Waals surface area contributed by atoms with E-state index in [4.69, 9.17) is 0 Å². The van der Waals surface area contributed by atoms with Crippen LogP contribution in [-0.4, -0.2) is 62.2 Å². The number of guanidine groups is 1. The lowest BCUT2D eigenvalue weighted by Gasteiger charge is -2.36. The largest absolute Gasteiger partial charge is 0.369 e. The SMILES string of the molecule is CN=C(NCCCN1CCN(c2ccccc2)CC1)NCc1nc(C(C)C)cs1.I. The first-order valence-electron chi connectivity index (χ1n) is 10.6. The molecular formula is C22H35IN6S. The average molecular weight is 543 g/mol. The molecule has 2 aromatic rings. The molecule has 0 atom stereocenters. The Kier molecular flexibility index (Phi) is 10.9. The Labute approximate surface area is 202 Å². The van der Waals surface area contributed by atoms with Gasteiger partial charge >= 0.3 is 0 Å². The van der Waals surface area contributed by atoms with Crippen LogP contribution in [0.3, 0.4) is 0 Å². The van der Waals surface area contributed by atoms with E-state index in [9.17, 15) is 0 Å². The lowest BCUT2D eigenvalue weighted by atomic mass is 10.2. The van der Waals surface area contributed by atoms with Crippen molar-refractivity contribution in [3.8, 4) is 0 Å². The Morgan fingerprint density at radius 1 is 1.13 bits per heavy atom. The monoisotopic (exact) mass is 542 g/mol. The second kappa shape index (κ2) is 13.1. The first-order chi connectivity index (χ1) is 14.2. The van der Waals surface area contributed by atoms with Crippen LogP contribution >= 0.6 is 35.3 Å². The van der Waals surface area contributed by atoms with E-state index in [-0.39, 0.29) is 24.0 Å². The normalized spacial score (nSPS) is 15.2. The number of thiazole rings is 1. The van der Waals surface area contributed by atoms with Gasteiger partial charge in [-0.15, -0.1) is 35.3 Å². The standard InChI is InChI=1S/C22H34N6S.HI/c1-18(2)20-17-29-21(26-20)16-25-22(23-3)24-10-7-11-27-12-14-28(15-13-27)19-8-5-4-6-9-19;/h4-6,8-9,17-18H,7,10-16H2,1-3H3,(H2,23,24,25);1H. The van der Waals surface area contributed by atoms with Gasteiger partial charge < -0.3 is 15.5 Å². The summed E-state index contributed by atoms with van der Waals surface area (Å²) in [6, 6.07) is 10.7. The van der Waals surface area contributed by atoms with Gasteiger partial charge in [0.1, 0.15) is 5.01 Å². The van der Waals surface area contributed by atoms with Crippen LogP contribution < -0.4 is 15.5 Å². The second-order valence-corrected chi connectivity index (χ2v) is 8.63. The summed E-state index contributed by atoms with van der Waals surface area (Å²) in [5, 5.41) is 10.0. The molecule has 0 aliphatic carbocycles. The Bertz CT molecular complexity index is 756. The van der Waals surface area contributed by atoms with Crippen molar-refractivity contribution in [2.45, 2.75) is 32.7 Å². The van der Waals surface area contributed by atoms with E-state index < -0.39 is 0 Å². The van der Waals surface area contributed by atoms with Crippen LogP contribution in [-0.2, 0) is 6.54 Å². The minimum Gasteiger partial charge on any atom is -0.369 e. The number of nitrogens with zero attached hydrogens (tertiary/aromatic N) is 4. The maximum absolute atomic E-state index is 4.66. The van der Waals surface area contributed by atoms with Crippen molar-refractivity contribution in [3.05, 3.63) is 46.4 Å². The third kappa shape index (κ3) is 7.70. The van der Waals surface area contributed by atoms with E-state index in [1.165, 1.54) is 11.4 Å².